The molecule has 2 aromatic carbocycles. The Kier molecular flexibility index (Phi) is 6.55. The third kappa shape index (κ3) is 4.84. The van der Waals surface area contributed by atoms with Crippen molar-refractivity contribution < 1.29 is 17.9 Å². The standard InChI is InChI=1S/C19H21N3O4S/c1-14-12-17(26-3)8-9-19(14)27(24,25)21-10-11-22(15(2)23)18-7-5-4-6-16(18)13-20/h4-9,12,21H,10-11H2,1-3H3. The second-order valence-corrected chi connectivity index (χ2v) is 7.56. The Bertz CT molecular complexity index is 981. The fourth-order valence-electron chi connectivity index (χ4n) is 2.67. The molecular weight excluding hydrogens is 366 g/mol. The number of carbonyl (C=O) groups is 1. The Morgan fingerprint density at radius 3 is 2.56 bits per heavy atom. The van der Waals surface area contributed by atoms with Gasteiger partial charge in [-0.25, -0.2) is 13.1 Å². The lowest BCUT2D eigenvalue weighted by Gasteiger charge is -2.22. The number of rotatable bonds is 7. The lowest BCUT2D eigenvalue weighted by Crippen LogP contribution is -2.38. The molecule has 0 heterocycles. The first kappa shape index (κ1) is 20.4. The molecule has 142 valence electrons. The minimum Gasteiger partial charge on any atom is -0.497 e. The average Bonchev–Trinajstić information content (AvgIpc) is 2.64. The van der Waals surface area contributed by atoms with Crippen molar-refractivity contribution in [3.05, 3.63) is 53.6 Å². The predicted molar refractivity (Wildman–Crippen MR) is 102 cm³/mol. The number of ether oxygens (including phenoxy) is 1. The lowest BCUT2D eigenvalue weighted by molar-refractivity contribution is -0.116. The zero-order chi connectivity index (χ0) is 20.0. The van der Waals surface area contributed by atoms with Gasteiger partial charge in [0.05, 0.1) is 23.3 Å². The highest BCUT2D eigenvalue weighted by Crippen LogP contribution is 2.21. The SMILES string of the molecule is COc1ccc(S(=O)(=O)NCCN(C(C)=O)c2ccccc2C#N)c(C)c1. The van der Waals surface area contributed by atoms with Crippen LogP contribution in [0.5, 0.6) is 5.75 Å². The van der Waals surface area contributed by atoms with E-state index >= 15 is 0 Å². The molecule has 0 fully saturated rings. The summed E-state index contributed by atoms with van der Waals surface area (Å²) < 4.78 is 32.7. The number of aryl methyl sites for hydroxylation is 1. The van der Waals surface area contributed by atoms with Gasteiger partial charge in [0.1, 0.15) is 11.8 Å². The molecule has 27 heavy (non-hydrogen) atoms. The number of nitrogens with one attached hydrogen (secondary N) is 1. The van der Waals surface area contributed by atoms with Gasteiger partial charge < -0.3 is 9.64 Å². The van der Waals surface area contributed by atoms with Gasteiger partial charge in [-0.05, 0) is 42.8 Å². The molecule has 8 heteroatoms. The third-order valence-electron chi connectivity index (χ3n) is 3.99. The highest BCUT2D eigenvalue weighted by Gasteiger charge is 2.19. The van der Waals surface area contributed by atoms with Crippen LogP contribution in [0.25, 0.3) is 0 Å². The minimum absolute atomic E-state index is 0.00709. The summed E-state index contributed by atoms with van der Waals surface area (Å²) in [5.41, 5.74) is 1.36. The van der Waals surface area contributed by atoms with Crippen molar-refractivity contribution in [3.63, 3.8) is 0 Å². The highest BCUT2D eigenvalue weighted by molar-refractivity contribution is 7.89. The number of para-hydroxylation sites is 1. The second kappa shape index (κ2) is 8.66. The van der Waals surface area contributed by atoms with E-state index in [1.54, 1.807) is 43.3 Å². The van der Waals surface area contributed by atoms with E-state index in [0.29, 0.717) is 22.6 Å². The maximum Gasteiger partial charge on any atom is 0.240 e. The van der Waals surface area contributed by atoms with Crippen LogP contribution in [0.4, 0.5) is 5.69 Å². The van der Waals surface area contributed by atoms with Gasteiger partial charge in [0, 0.05) is 20.0 Å². The van der Waals surface area contributed by atoms with Crippen LogP contribution in [0.3, 0.4) is 0 Å². The van der Waals surface area contributed by atoms with Crippen molar-refractivity contribution in [2.45, 2.75) is 18.7 Å². The molecule has 1 N–H and O–H groups in total. The lowest BCUT2D eigenvalue weighted by atomic mass is 10.1. The van der Waals surface area contributed by atoms with Crippen molar-refractivity contribution in [2.75, 3.05) is 25.1 Å². The highest BCUT2D eigenvalue weighted by atomic mass is 32.2. The van der Waals surface area contributed by atoms with E-state index in [2.05, 4.69) is 4.72 Å². The zero-order valence-corrected chi connectivity index (χ0v) is 16.2. The molecule has 0 saturated carbocycles. The van der Waals surface area contributed by atoms with Crippen LogP contribution >= 0.6 is 0 Å². The summed E-state index contributed by atoms with van der Waals surface area (Å²) in [6, 6.07) is 13.4. The smallest absolute Gasteiger partial charge is 0.240 e. The Labute approximate surface area is 159 Å². The molecule has 2 aromatic rings. The number of hydrogen-bond donors (Lipinski definition) is 1. The zero-order valence-electron chi connectivity index (χ0n) is 15.4. The topological polar surface area (TPSA) is 99.5 Å². The molecule has 0 aliphatic heterocycles. The monoisotopic (exact) mass is 387 g/mol. The van der Waals surface area contributed by atoms with Crippen molar-refractivity contribution >= 4 is 21.6 Å². The van der Waals surface area contributed by atoms with Crippen LogP contribution in [0.15, 0.2) is 47.4 Å². The average molecular weight is 387 g/mol. The van der Waals surface area contributed by atoms with Crippen molar-refractivity contribution in [1.29, 1.82) is 5.26 Å². The van der Waals surface area contributed by atoms with Crippen LogP contribution < -0.4 is 14.4 Å². The third-order valence-corrected chi connectivity index (χ3v) is 5.62. The molecule has 1 amide bonds. The Morgan fingerprint density at radius 2 is 1.96 bits per heavy atom. The maximum atomic E-state index is 12.6. The van der Waals surface area contributed by atoms with E-state index in [4.69, 9.17) is 4.74 Å². The van der Waals surface area contributed by atoms with Gasteiger partial charge in [0.25, 0.3) is 0 Å². The molecule has 7 nitrogen and oxygen atoms in total. The number of nitriles is 1. The van der Waals surface area contributed by atoms with Crippen LogP contribution in [-0.4, -0.2) is 34.5 Å². The molecule has 0 atom stereocenters. The summed E-state index contributed by atoms with van der Waals surface area (Å²) in [6.45, 7) is 3.16. The normalized spacial score (nSPS) is 10.9. The summed E-state index contributed by atoms with van der Waals surface area (Å²) in [6.07, 6.45) is 0. The molecule has 0 aromatic heterocycles. The molecule has 0 radical (unpaired) electrons. The van der Waals surface area contributed by atoms with Crippen LogP contribution in [0.2, 0.25) is 0 Å². The first-order valence-electron chi connectivity index (χ1n) is 8.21. The van der Waals surface area contributed by atoms with Crippen LogP contribution in [0, 0.1) is 18.3 Å². The molecule has 0 unspecified atom stereocenters. The van der Waals surface area contributed by atoms with E-state index < -0.39 is 10.0 Å². The van der Waals surface area contributed by atoms with Crippen LogP contribution in [-0.2, 0) is 14.8 Å². The largest absolute Gasteiger partial charge is 0.497 e. The molecule has 0 bridgehead atoms. The summed E-state index contributed by atoms with van der Waals surface area (Å²) in [5, 5.41) is 9.22. The number of methoxy groups -OCH3 is 1. The number of hydrogen-bond acceptors (Lipinski definition) is 5. The Balaban J connectivity index is 2.15. The second-order valence-electron chi connectivity index (χ2n) is 5.83. The van der Waals surface area contributed by atoms with Gasteiger partial charge >= 0.3 is 0 Å². The maximum absolute atomic E-state index is 12.6. The van der Waals surface area contributed by atoms with E-state index in [1.165, 1.54) is 25.0 Å². The summed E-state index contributed by atoms with van der Waals surface area (Å²) >= 11 is 0. The van der Waals surface area contributed by atoms with Gasteiger partial charge in [0.2, 0.25) is 15.9 Å². The number of carbonyl (C=O) groups excluding carboxylic acids is 1. The molecule has 0 aliphatic carbocycles. The first-order chi connectivity index (χ1) is 12.8. The number of nitrogens with zero attached hydrogens (tertiary/aromatic N) is 2. The van der Waals surface area contributed by atoms with E-state index in [9.17, 15) is 18.5 Å². The molecule has 0 spiro atoms. The Hall–Kier alpha value is -2.89. The van der Waals surface area contributed by atoms with Crippen molar-refractivity contribution in [3.8, 4) is 11.8 Å². The van der Waals surface area contributed by atoms with Gasteiger partial charge in [-0.1, -0.05) is 12.1 Å². The van der Waals surface area contributed by atoms with E-state index in [1.807, 2.05) is 6.07 Å². The minimum atomic E-state index is -3.74. The van der Waals surface area contributed by atoms with Gasteiger partial charge in [-0.15, -0.1) is 0 Å². The summed E-state index contributed by atoms with van der Waals surface area (Å²) in [4.78, 5) is 13.5. The quantitative estimate of drug-likeness (QED) is 0.785. The number of sulfonamides is 1. The number of benzene rings is 2. The molecule has 0 saturated heterocycles. The van der Waals surface area contributed by atoms with Crippen molar-refractivity contribution in [2.24, 2.45) is 0 Å². The van der Waals surface area contributed by atoms with Gasteiger partial charge in [-0.3, -0.25) is 4.79 Å². The number of anilines is 1. The molecule has 2 rings (SSSR count). The van der Waals surface area contributed by atoms with Gasteiger partial charge in [0.15, 0.2) is 0 Å². The van der Waals surface area contributed by atoms with E-state index in [0.717, 1.165) is 0 Å². The fraction of sp³-hybridized carbons (Fsp3) is 0.263. The molecule has 0 aliphatic rings. The van der Waals surface area contributed by atoms with Crippen molar-refractivity contribution in [1.82, 2.24) is 4.72 Å². The van der Waals surface area contributed by atoms with E-state index in [-0.39, 0.29) is 23.9 Å². The van der Waals surface area contributed by atoms with Crippen LogP contribution in [0.1, 0.15) is 18.1 Å². The summed E-state index contributed by atoms with van der Waals surface area (Å²) in [5.74, 6) is 0.292. The first-order valence-corrected chi connectivity index (χ1v) is 9.70. The van der Waals surface area contributed by atoms with Gasteiger partial charge in [-0.2, -0.15) is 5.26 Å². The summed E-state index contributed by atoms with van der Waals surface area (Å²) in [7, 11) is -2.23. The number of amides is 1. The predicted octanol–water partition coefficient (Wildman–Crippen LogP) is 2.21. The fourth-order valence-corrected chi connectivity index (χ4v) is 3.92. The Morgan fingerprint density at radius 1 is 1.26 bits per heavy atom. The molecular formula is C19H21N3O4S.